The molecule has 0 bridgehead atoms. The van der Waals surface area contributed by atoms with Crippen LogP contribution in [0.15, 0.2) is 5.51 Å². The van der Waals surface area contributed by atoms with Crippen LogP contribution in [-0.4, -0.2) is 39.6 Å². The van der Waals surface area contributed by atoms with Gasteiger partial charge in [0, 0.05) is 24.3 Å². The van der Waals surface area contributed by atoms with Crippen LogP contribution in [0.1, 0.15) is 26.8 Å². The van der Waals surface area contributed by atoms with Crippen LogP contribution >= 0.6 is 11.3 Å². The summed E-state index contributed by atoms with van der Waals surface area (Å²) in [6.45, 7) is 3.05. The van der Waals surface area contributed by atoms with Crippen molar-refractivity contribution in [3.05, 3.63) is 27.5 Å². The molecule has 2 heterocycles. The van der Waals surface area contributed by atoms with E-state index < -0.39 is 5.97 Å². The van der Waals surface area contributed by atoms with Gasteiger partial charge in [0.25, 0.3) is 0 Å². The number of nitrogens with zero attached hydrogens (tertiary/aromatic N) is 4. The van der Waals surface area contributed by atoms with Gasteiger partial charge >= 0.3 is 5.97 Å². The van der Waals surface area contributed by atoms with Gasteiger partial charge in [0.15, 0.2) is 5.69 Å². The van der Waals surface area contributed by atoms with E-state index in [0.717, 1.165) is 17.8 Å². The van der Waals surface area contributed by atoms with Gasteiger partial charge in [-0.3, -0.25) is 0 Å². The normalized spacial score (nSPS) is 10.8. The smallest absolute Gasteiger partial charge is 0.360 e. The maximum Gasteiger partial charge on any atom is 0.360 e. The fraction of sp³-hybridized carbons (Fsp3) is 0.500. The van der Waals surface area contributed by atoms with Gasteiger partial charge in [0.1, 0.15) is 0 Å². The van der Waals surface area contributed by atoms with Gasteiger partial charge in [0.05, 0.1) is 24.0 Å². The van der Waals surface area contributed by atoms with Crippen molar-refractivity contribution in [3.8, 4) is 0 Å². The largest absolute Gasteiger partial charge is 0.464 e. The number of hydrogen-bond acceptors (Lipinski definition) is 7. The third kappa shape index (κ3) is 3.02. The molecule has 0 radical (unpaired) electrons. The summed E-state index contributed by atoms with van der Waals surface area (Å²) >= 11 is 1.62. The Kier molecular flexibility index (Phi) is 4.80. The minimum atomic E-state index is -0.478. The number of esters is 1. The molecule has 0 saturated heterocycles. The highest BCUT2D eigenvalue weighted by Crippen LogP contribution is 2.15. The molecule has 7 nitrogen and oxygen atoms in total. The van der Waals surface area contributed by atoms with Crippen LogP contribution in [0.3, 0.4) is 0 Å². The standard InChI is InChI=1S/C12H17N5O2S/c1-8-10(20-7-14-8)4-6-17-9(3-5-13)11(15-16-17)12(18)19-2/h7H,3-6,13H2,1-2H3. The average molecular weight is 295 g/mol. The predicted octanol–water partition coefficient (Wildman–Crippen LogP) is 0.574. The lowest BCUT2D eigenvalue weighted by Crippen LogP contribution is -2.15. The topological polar surface area (TPSA) is 95.9 Å². The molecular weight excluding hydrogens is 278 g/mol. The number of carbonyl (C=O) groups is 1. The lowest BCUT2D eigenvalue weighted by atomic mass is 10.2. The highest BCUT2D eigenvalue weighted by Gasteiger charge is 2.19. The number of nitrogens with two attached hydrogens (primary N) is 1. The van der Waals surface area contributed by atoms with Crippen molar-refractivity contribution >= 4 is 17.3 Å². The zero-order chi connectivity index (χ0) is 14.5. The Bertz CT molecular complexity index is 592. The van der Waals surface area contributed by atoms with Crippen molar-refractivity contribution in [2.75, 3.05) is 13.7 Å². The van der Waals surface area contributed by atoms with E-state index in [9.17, 15) is 4.79 Å². The van der Waals surface area contributed by atoms with E-state index in [1.54, 1.807) is 16.0 Å². The van der Waals surface area contributed by atoms with Gasteiger partial charge in [-0.25, -0.2) is 14.5 Å². The van der Waals surface area contributed by atoms with Gasteiger partial charge < -0.3 is 10.5 Å². The second kappa shape index (κ2) is 6.58. The molecule has 2 aromatic heterocycles. The molecule has 0 saturated carbocycles. The van der Waals surface area contributed by atoms with E-state index in [2.05, 4.69) is 15.3 Å². The molecule has 2 aromatic rings. The number of carbonyl (C=O) groups excluding carboxylic acids is 1. The summed E-state index contributed by atoms with van der Waals surface area (Å²) in [7, 11) is 1.33. The molecule has 2 rings (SSSR count). The number of ether oxygens (including phenoxy) is 1. The van der Waals surface area contributed by atoms with Gasteiger partial charge in [-0.1, -0.05) is 5.21 Å². The monoisotopic (exact) mass is 295 g/mol. The summed E-state index contributed by atoms with van der Waals surface area (Å²) in [5.74, 6) is -0.478. The summed E-state index contributed by atoms with van der Waals surface area (Å²) in [5, 5.41) is 7.93. The third-order valence-corrected chi connectivity index (χ3v) is 3.99. The molecular formula is C12H17N5O2S. The van der Waals surface area contributed by atoms with E-state index in [1.807, 2.05) is 12.4 Å². The summed E-state index contributed by atoms with van der Waals surface area (Å²) in [6, 6.07) is 0. The van der Waals surface area contributed by atoms with Gasteiger partial charge in [0.2, 0.25) is 0 Å². The maximum absolute atomic E-state index is 11.6. The Labute approximate surface area is 120 Å². The van der Waals surface area contributed by atoms with Crippen molar-refractivity contribution in [1.82, 2.24) is 20.0 Å². The van der Waals surface area contributed by atoms with Crippen LogP contribution in [-0.2, 0) is 24.1 Å². The van der Waals surface area contributed by atoms with E-state index >= 15 is 0 Å². The van der Waals surface area contributed by atoms with Crippen LogP contribution in [0, 0.1) is 6.92 Å². The van der Waals surface area contributed by atoms with Gasteiger partial charge in [-0.2, -0.15) is 0 Å². The Morgan fingerprint density at radius 1 is 1.50 bits per heavy atom. The molecule has 108 valence electrons. The number of methoxy groups -OCH3 is 1. The van der Waals surface area contributed by atoms with E-state index in [-0.39, 0.29) is 5.69 Å². The molecule has 0 atom stereocenters. The Hall–Kier alpha value is -1.80. The van der Waals surface area contributed by atoms with E-state index in [0.29, 0.717) is 19.5 Å². The van der Waals surface area contributed by atoms with Crippen molar-refractivity contribution in [2.24, 2.45) is 5.73 Å². The number of hydrogen-bond donors (Lipinski definition) is 1. The zero-order valence-electron chi connectivity index (χ0n) is 11.5. The van der Waals surface area contributed by atoms with Crippen molar-refractivity contribution < 1.29 is 9.53 Å². The first-order valence-corrected chi connectivity index (χ1v) is 7.15. The molecule has 8 heteroatoms. The van der Waals surface area contributed by atoms with E-state index in [1.165, 1.54) is 12.0 Å². The first kappa shape index (κ1) is 14.6. The number of rotatable bonds is 6. The maximum atomic E-state index is 11.6. The molecule has 0 fully saturated rings. The van der Waals surface area contributed by atoms with Gasteiger partial charge in [-0.05, 0) is 13.5 Å². The van der Waals surface area contributed by atoms with Crippen LogP contribution in [0.4, 0.5) is 0 Å². The third-order valence-electron chi connectivity index (χ3n) is 2.99. The highest BCUT2D eigenvalue weighted by molar-refractivity contribution is 7.09. The molecule has 0 aliphatic rings. The molecule has 0 aromatic carbocycles. The molecule has 2 N–H and O–H groups in total. The van der Waals surface area contributed by atoms with Crippen molar-refractivity contribution in [2.45, 2.75) is 26.3 Å². The molecule has 0 spiro atoms. The first-order valence-electron chi connectivity index (χ1n) is 6.27. The fourth-order valence-corrected chi connectivity index (χ4v) is 2.70. The number of aryl methyl sites for hydroxylation is 3. The molecule has 0 amide bonds. The molecule has 0 aliphatic heterocycles. The van der Waals surface area contributed by atoms with Crippen LogP contribution in [0.25, 0.3) is 0 Å². The fourth-order valence-electron chi connectivity index (χ4n) is 1.93. The highest BCUT2D eigenvalue weighted by atomic mass is 32.1. The minimum Gasteiger partial charge on any atom is -0.464 e. The quantitative estimate of drug-likeness (QED) is 0.783. The van der Waals surface area contributed by atoms with Crippen molar-refractivity contribution in [1.29, 1.82) is 0 Å². The minimum absolute atomic E-state index is 0.249. The van der Waals surface area contributed by atoms with Crippen LogP contribution < -0.4 is 5.73 Å². The molecule has 0 aliphatic carbocycles. The summed E-state index contributed by atoms with van der Waals surface area (Å²) in [6.07, 6.45) is 1.34. The van der Waals surface area contributed by atoms with Gasteiger partial charge in [-0.15, -0.1) is 16.4 Å². The van der Waals surface area contributed by atoms with Crippen LogP contribution in [0.5, 0.6) is 0 Å². The summed E-state index contributed by atoms with van der Waals surface area (Å²) in [5.41, 5.74) is 9.41. The second-order valence-corrected chi connectivity index (χ2v) is 5.19. The van der Waals surface area contributed by atoms with Crippen molar-refractivity contribution in [3.63, 3.8) is 0 Å². The lowest BCUT2D eigenvalue weighted by Gasteiger charge is -2.06. The average Bonchev–Trinajstić information content (AvgIpc) is 3.03. The van der Waals surface area contributed by atoms with E-state index in [4.69, 9.17) is 10.5 Å². The Morgan fingerprint density at radius 2 is 2.30 bits per heavy atom. The Morgan fingerprint density at radius 3 is 2.90 bits per heavy atom. The molecule has 0 unspecified atom stereocenters. The molecule has 20 heavy (non-hydrogen) atoms. The predicted molar refractivity (Wildman–Crippen MR) is 74.7 cm³/mol. The second-order valence-electron chi connectivity index (χ2n) is 4.25. The van der Waals surface area contributed by atoms with Crippen LogP contribution in [0.2, 0.25) is 0 Å². The number of thiazole rings is 1. The zero-order valence-corrected chi connectivity index (χ0v) is 12.3. The summed E-state index contributed by atoms with van der Waals surface area (Å²) < 4.78 is 6.42. The summed E-state index contributed by atoms with van der Waals surface area (Å²) in [4.78, 5) is 17.0. The Balaban J connectivity index is 2.17. The first-order chi connectivity index (χ1) is 9.67. The lowest BCUT2D eigenvalue weighted by molar-refractivity contribution is 0.0592. The SMILES string of the molecule is COC(=O)c1nnn(CCc2scnc2C)c1CCN. The number of aromatic nitrogens is 4.